The van der Waals surface area contributed by atoms with Crippen molar-refractivity contribution in [1.29, 1.82) is 0 Å². The van der Waals surface area contributed by atoms with Gasteiger partial charge in [0.05, 0.1) is 6.04 Å². The fourth-order valence-electron chi connectivity index (χ4n) is 2.85. The molecular weight excluding hydrogens is 198 g/mol. The number of piperidine rings is 1. The van der Waals surface area contributed by atoms with Gasteiger partial charge in [-0.3, -0.25) is 4.90 Å². The van der Waals surface area contributed by atoms with Crippen LogP contribution in [0.15, 0.2) is 30.0 Å². The van der Waals surface area contributed by atoms with Crippen molar-refractivity contribution in [1.82, 2.24) is 4.90 Å². The molecule has 0 radical (unpaired) electrons. The molecule has 0 bridgehead atoms. The van der Waals surface area contributed by atoms with Crippen molar-refractivity contribution in [3.63, 3.8) is 0 Å². The maximum atomic E-state index is 10.1. The molecule has 1 aliphatic carbocycles. The number of aliphatic hydroxyl groups is 1. The van der Waals surface area contributed by atoms with E-state index in [0.717, 1.165) is 13.1 Å². The van der Waals surface area contributed by atoms with Gasteiger partial charge < -0.3 is 5.11 Å². The number of likely N-dealkylation sites (tertiary alicyclic amines) is 1. The zero-order chi connectivity index (χ0) is 11.0. The topological polar surface area (TPSA) is 23.5 Å². The molecule has 1 saturated heterocycles. The van der Waals surface area contributed by atoms with Crippen LogP contribution in [0, 0.1) is 0 Å². The summed E-state index contributed by atoms with van der Waals surface area (Å²) in [7, 11) is 0. The SMILES string of the molecule is OC1=Cc2ccccc2C1N1CCCCC1. The van der Waals surface area contributed by atoms with Crippen molar-refractivity contribution in [3.05, 3.63) is 41.2 Å². The summed E-state index contributed by atoms with van der Waals surface area (Å²) in [6.45, 7) is 2.22. The van der Waals surface area contributed by atoms with E-state index in [2.05, 4.69) is 23.1 Å². The van der Waals surface area contributed by atoms with E-state index in [1.54, 1.807) is 0 Å². The minimum Gasteiger partial charge on any atom is -0.510 e. The largest absolute Gasteiger partial charge is 0.510 e. The Hall–Kier alpha value is -1.28. The van der Waals surface area contributed by atoms with Crippen molar-refractivity contribution < 1.29 is 5.11 Å². The lowest BCUT2D eigenvalue weighted by Crippen LogP contribution is -2.33. The molecule has 1 aliphatic heterocycles. The second kappa shape index (κ2) is 3.95. The summed E-state index contributed by atoms with van der Waals surface area (Å²) in [5.74, 6) is 0.517. The van der Waals surface area contributed by atoms with Crippen molar-refractivity contribution in [2.75, 3.05) is 13.1 Å². The Morgan fingerprint density at radius 2 is 1.81 bits per heavy atom. The monoisotopic (exact) mass is 215 g/mol. The summed E-state index contributed by atoms with van der Waals surface area (Å²) in [5, 5.41) is 10.1. The van der Waals surface area contributed by atoms with Crippen LogP contribution in [-0.2, 0) is 0 Å². The van der Waals surface area contributed by atoms with Crippen LogP contribution in [0.4, 0.5) is 0 Å². The highest BCUT2D eigenvalue weighted by molar-refractivity contribution is 5.64. The molecule has 1 aromatic rings. The lowest BCUT2D eigenvalue weighted by Gasteiger charge is -2.32. The van der Waals surface area contributed by atoms with E-state index in [0.29, 0.717) is 5.76 Å². The maximum Gasteiger partial charge on any atom is 0.115 e. The summed E-state index contributed by atoms with van der Waals surface area (Å²) >= 11 is 0. The predicted octanol–water partition coefficient (Wildman–Crippen LogP) is 3.13. The number of rotatable bonds is 1. The molecule has 1 fully saturated rings. The molecule has 1 aromatic carbocycles. The molecule has 1 unspecified atom stereocenters. The lowest BCUT2D eigenvalue weighted by molar-refractivity contribution is 0.153. The normalized spacial score (nSPS) is 25.2. The van der Waals surface area contributed by atoms with Crippen molar-refractivity contribution in [2.45, 2.75) is 25.3 Å². The molecule has 0 aromatic heterocycles. The van der Waals surface area contributed by atoms with E-state index in [4.69, 9.17) is 0 Å². The van der Waals surface area contributed by atoms with Gasteiger partial charge in [0, 0.05) is 0 Å². The minimum atomic E-state index is 0.122. The quantitative estimate of drug-likeness (QED) is 0.778. The Morgan fingerprint density at radius 1 is 1.06 bits per heavy atom. The molecule has 0 amide bonds. The van der Waals surface area contributed by atoms with E-state index in [1.807, 2.05) is 12.1 Å². The van der Waals surface area contributed by atoms with Gasteiger partial charge in [-0.1, -0.05) is 30.7 Å². The number of aliphatic hydroxyl groups excluding tert-OH is 1. The van der Waals surface area contributed by atoms with Gasteiger partial charge in [-0.2, -0.15) is 0 Å². The molecule has 16 heavy (non-hydrogen) atoms. The van der Waals surface area contributed by atoms with Crippen LogP contribution in [0.2, 0.25) is 0 Å². The molecule has 0 saturated carbocycles. The number of hydrogen-bond acceptors (Lipinski definition) is 2. The number of benzene rings is 1. The first-order valence-electron chi connectivity index (χ1n) is 6.10. The fraction of sp³-hybridized carbons (Fsp3) is 0.429. The zero-order valence-electron chi connectivity index (χ0n) is 9.39. The van der Waals surface area contributed by atoms with E-state index >= 15 is 0 Å². The Morgan fingerprint density at radius 3 is 2.62 bits per heavy atom. The van der Waals surface area contributed by atoms with E-state index in [9.17, 15) is 5.11 Å². The van der Waals surface area contributed by atoms with E-state index < -0.39 is 0 Å². The average Bonchev–Trinajstić information content (AvgIpc) is 2.66. The average molecular weight is 215 g/mol. The fourth-order valence-corrected chi connectivity index (χ4v) is 2.85. The molecule has 84 valence electrons. The zero-order valence-corrected chi connectivity index (χ0v) is 9.39. The first-order chi connectivity index (χ1) is 7.86. The van der Waals surface area contributed by atoms with Gasteiger partial charge in [-0.25, -0.2) is 0 Å². The number of fused-ring (bicyclic) bond motifs is 1. The molecule has 1 atom stereocenters. The number of hydrogen-bond donors (Lipinski definition) is 1. The van der Waals surface area contributed by atoms with Gasteiger partial charge in [0.25, 0.3) is 0 Å². The molecule has 2 heteroatoms. The van der Waals surface area contributed by atoms with Crippen molar-refractivity contribution >= 4 is 6.08 Å². The molecular formula is C14H17NO. The molecule has 1 N–H and O–H groups in total. The summed E-state index contributed by atoms with van der Waals surface area (Å²) in [5.41, 5.74) is 2.44. The summed E-state index contributed by atoms with van der Waals surface area (Å²) in [6, 6.07) is 8.42. The molecule has 3 rings (SSSR count). The Balaban J connectivity index is 1.93. The van der Waals surface area contributed by atoms with Crippen LogP contribution in [0.3, 0.4) is 0 Å². The Labute approximate surface area is 96.2 Å². The predicted molar refractivity (Wildman–Crippen MR) is 65.2 cm³/mol. The third kappa shape index (κ3) is 1.54. The highest BCUT2D eigenvalue weighted by Crippen LogP contribution is 2.38. The Bertz CT molecular complexity index is 418. The third-order valence-electron chi connectivity index (χ3n) is 3.63. The smallest absolute Gasteiger partial charge is 0.115 e. The van der Waals surface area contributed by atoms with Crippen molar-refractivity contribution in [2.24, 2.45) is 0 Å². The Kier molecular flexibility index (Phi) is 2.44. The first kappa shape index (κ1) is 9.91. The standard InChI is InChI=1S/C14H17NO/c16-13-10-11-6-2-3-7-12(11)14(13)15-8-4-1-5-9-15/h2-3,6-7,10,14,16H,1,4-5,8-9H2. The third-order valence-corrected chi connectivity index (χ3v) is 3.63. The highest BCUT2D eigenvalue weighted by atomic mass is 16.3. The first-order valence-corrected chi connectivity index (χ1v) is 6.10. The van der Waals surface area contributed by atoms with Crippen LogP contribution in [0.1, 0.15) is 36.4 Å². The van der Waals surface area contributed by atoms with Crippen molar-refractivity contribution in [3.8, 4) is 0 Å². The van der Waals surface area contributed by atoms with Gasteiger partial charge >= 0.3 is 0 Å². The summed E-state index contributed by atoms with van der Waals surface area (Å²) in [6.07, 6.45) is 5.75. The van der Waals surface area contributed by atoms with Crippen LogP contribution in [-0.4, -0.2) is 23.1 Å². The molecule has 2 nitrogen and oxygen atoms in total. The van der Waals surface area contributed by atoms with Crippen LogP contribution >= 0.6 is 0 Å². The van der Waals surface area contributed by atoms with Crippen LogP contribution in [0.5, 0.6) is 0 Å². The van der Waals surface area contributed by atoms with Crippen LogP contribution in [0.25, 0.3) is 6.08 Å². The molecule has 2 aliphatic rings. The lowest BCUT2D eigenvalue weighted by atomic mass is 10.0. The second-order valence-electron chi connectivity index (χ2n) is 4.70. The van der Waals surface area contributed by atoms with Crippen LogP contribution < -0.4 is 0 Å². The van der Waals surface area contributed by atoms with Gasteiger partial charge in [0.2, 0.25) is 0 Å². The van der Waals surface area contributed by atoms with Gasteiger partial charge in [-0.15, -0.1) is 0 Å². The molecule has 0 spiro atoms. The van der Waals surface area contributed by atoms with E-state index in [-0.39, 0.29) is 6.04 Å². The summed E-state index contributed by atoms with van der Waals surface area (Å²) in [4.78, 5) is 2.40. The maximum absolute atomic E-state index is 10.1. The second-order valence-corrected chi connectivity index (χ2v) is 4.70. The van der Waals surface area contributed by atoms with E-state index in [1.165, 1.54) is 30.4 Å². The summed E-state index contributed by atoms with van der Waals surface area (Å²) < 4.78 is 0. The van der Waals surface area contributed by atoms with Gasteiger partial charge in [0.1, 0.15) is 5.76 Å². The van der Waals surface area contributed by atoms with Gasteiger partial charge in [0.15, 0.2) is 0 Å². The highest BCUT2D eigenvalue weighted by Gasteiger charge is 2.30. The van der Waals surface area contributed by atoms with Gasteiger partial charge in [-0.05, 0) is 43.1 Å². The number of nitrogens with zero attached hydrogens (tertiary/aromatic N) is 1. The minimum absolute atomic E-state index is 0.122. The molecule has 1 heterocycles.